The molecule has 3 aromatic carbocycles. The number of hydrogen-bond acceptors (Lipinski definition) is 4. The van der Waals surface area contributed by atoms with Crippen molar-refractivity contribution in [1.29, 1.82) is 0 Å². The molecule has 1 N–H and O–H groups in total. The van der Waals surface area contributed by atoms with Crippen LogP contribution in [0.4, 0.5) is 5.69 Å². The predicted molar refractivity (Wildman–Crippen MR) is 114 cm³/mol. The maximum Gasteiger partial charge on any atom is 0.244 e. The number of carbonyl (C=O) groups is 1. The third-order valence-electron chi connectivity index (χ3n) is 4.94. The molecule has 0 fully saturated rings. The fourth-order valence-electron chi connectivity index (χ4n) is 3.62. The summed E-state index contributed by atoms with van der Waals surface area (Å²) in [5, 5.41) is 3.91. The molecule has 0 spiro atoms. The minimum atomic E-state index is -0.160. The van der Waals surface area contributed by atoms with Crippen molar-refractivity contribution in [2.45, 2.75) is 6.54 Å². The largest absolute Gasteiger partial charge is 0.495 e. The molecule has 5 rings (SSSR count). The Morgan fingerprint density at radius 2 is 1.62 bits per heavy atom. The Balaban J connectivity index is 1.61. The fraction of sp³-hybridized carbons (Fsp3) is 0.0870. The summed E-state index contributed by atoms with van der Waals surface area (Å²) in [7, 11) is 1.58. The second kappa shape index (κ2) is 6.91. The average molecular weight is 382 g/mol. The van der Waals surface area contributed by atoms with Crippen LogP contribution in [0.2, 0.25) is 0 Å². The van der Waals surface area contributed by atoms with Crippen LogP contribution in [-0.4, -0.2) is 27.6 Å². The molecule has 2 aromatic heterocycles. The Morgan fingerprint density at radius 3 is 2.45 bits per heavy atom. The van der Waals surface area contributed by atoms with E-state index < -0.39 is 0 Å². The fourth-order valence-corrected chi connectivity index (χ4v) is 3.62. The smallest absolute Gasteiger partial charge is 0.244 e. The monoisotopic (exact) mass is 382 g/mol. The lowest BCUT2D eigenvalue weighted by Crippen LogP contribution is -2.19. The lowest BCUT2D eigenvalue weighted by atomic mass is 10.2. The molecule has 0 radical (unpaired) electrons. The topological polar surface area (TPSA) is 69.0 Å². The van der Waals surface area contributed by atoms with Gasteiger partial charge in [-0.15, -0.1) is 0 Å². The first-order valence-corrected chi connectivity index (χ1v) is 9.31. The summed E-state index contributed by atoms with van der Waals surface area (Å²) in [5.74, 6) is 0.459. The number of nitrogens with zero attached hydrogens (tertiary/aromatic N) is 3. The zero-order valence-corrected chi connectivity index (χ0v) is 15.8. The number of nitrogens with one attached hydrogen (secondary N) is 1. The lowest BCUT2D eigenvalue weighted by Gasteiger charge is -2.11. The Hall–Kier alpha value is -3.93. The molecule has 5 aromatic rings. The average Bonchev–Trinajstić information content (AvgIpc) is 3.05. The summed E-state index contributed by atoms with van der Waals surface area (Å²) in [4.78, 5) is 22.5. The zero-order chi connectivity index (χ0) is 19.8. The van der Waals surface area contributed by atoms with Gasteiger partial charge in [0, 0.05) is 5.39 Å². The Labute approximate surface area is 166 Å². The van der Waals surface area contributed by atoms with Crippen LogP contribution in [0.15, 0.2) is 72.8 Å². The first-order valence-electron chi connectivity index (χ1n) is 9.31. The van der Waals surface area contributed by atoms with Gasteiger partial charge in [0.05, 0.1) is 29.3 Å². The van der Waals surface area contributed by atoms with Crippen LogP contribution < -0.4 is 10.1 Å². The van der Waals surface area contributed by atoms with Crippen molar-refractivity contribution in [1.82, 2.24) is 14.5 Å². The maximum absolute atomic E-state index is 12.9. The molecule has 0 saturated heterocycles. The molecule has 0 aliphatic rings. The summed E-state index contributed by atoms with van der Waals surface area (Å²) in [6.45, 7) is 0.120. The SMILES string of the molecule is COc1ccccc1NC(=O)Cn1c2ccccc2c2nc3ccccc3nc21. The highest BCUT2D eigenvalue weighted by Gasteiger charge is 2.17. The summed E-state index contributed by atoms with van der Waals surface area (Å²) in [5.41, 5.74) is 4.69. The number of hydrogen-bond donors (Lipinski definition) is 1. The summed E-state index contributed by atoms with van der Waals surface area (Å²) < 4.78 is 7.24. The van der Waals surface area contributed by atoms with Crippen molar-refractivity contribution in [3.8, 4) is 5.75 Å². The number of anilines is 1. The van der Waals surface area contributed by atoms with Crippen LogP contribution in [0, 0.1) is 0 Å². The molecular formula is C23H18N4O2. The number of carbonyl (C=O) groups excluding carboxylic acids is 1. The van der Waals surface area contributed by atoms with E-state index in [0.29, 0.717) is 17.1 Å². The van der Waals surface area contributed by atoms with Gasteiger partial charge < -0.3 is 14.6 Å². The van der Waals surface area contributed by atoms with Crippen LogP contribution in [0.25, 0.3) is 33.1 Å². The number of benzene rings is 3. The maximum atomic E-state index is 12.9. The van der Waals surface area contributed by atoms with Crippen molar-refractivity contribution < 1.29 is 9.53 Å². The van der Waals surface area contributed by atoms with Gasteiger partial charge in [-0.05, 0) is 30.3 Å². The van der Waals surface area contributed by atoms with Gasteiger partial charge >= 0.3 is 0 Å². The second-order valence-electron chi connectivity index (χ2n) is 6.74. The molecule has 0 aliphatic heterocycles. The molecule has 29 heavy (non-hydrogen) atoms. The van der Waals surface area contributed by atoms with Crippen molar-refractivity contribution in [2.24, 2.45) is 0 Å². The van der Waals surface area contributed by atoms with Crippen LogP contribution in [0.1, 0.15) is 0 Å². The van der Waals surface area contributed by atoms with Gasteiger partial charge in [-0.3, -0.25) is 4.79 Å². The first kappa shape index (κ1) is 17.2. The van der Waals surface area contributed by atoms with Crippen molar-refractivity contribution in [2.75, 3.05) is 12.4 Å². The molecule has 6 heteroatoms. The number of fused-ring (bicyclic) bond motifs is 4. The Morgan fingerprint density at radius 1 is 0.931 bits per heavy atom. The molecule has 0 atom stereocenters. The zero-order valence-electron chi connectivity index (χ0n) is 15.8. The first-order chi connectivity index (χ1) is 14.2. The van der Waals surface area contributed by atoms with E-state index in [-0.39, 0.29) is 12.5 Å². The Bertz CT molecular complexity index is 1370. The van der Waals surface area contributed by atoms with Gasteiger partial charge in [-0.25, -0.2) is 9.97 Å². The number of para-hydroxylation sites is 5. The van der Waals surface area contributed by atoms with Crippen molar-refractivity contribution in [3.05, 3.63) is 72.8 Å². The van der Waals surface area contributed by atoms with Crippen LogP contribution in [-0.2, 0) is 11.3 Å². The predicted octanol–water partition coefficient (Wildman–Crippen LogP) is 4.39. The highest BCUT2D eigenvalue weighted by Crippen LogP contribution is 2.28. The van der Waals surface area contributed by atoms with Crippen molar-refractivity contribution >= 4 is 44.7 Å². The van der Waals surface area contributed by atoms with E-state index in [1.54, 1.807) is 7.11 Å². The highest BCUT2D eigenvalue weighted by atomic mass is 16.5. The van der Waals surface area contributed by atoms with E-state index in [2.05, 4.69) is 5.32 Å². The molecule has 1 amide bonds. The summed E-state index contributed by atoms with van der Waals surface area (Å²) in [6.07, 6.45) is 0. The molecule has 0 bridgehead atoms. The lowest BCUT2D eigenvalue weighted by molar-refractivity contribution is -0.116. The number of ether oxygens (including phenoxy) is 1. The van der Waals surface area contributed by atoms with E-state index in [9.17, 15) is 4.79 Å². The van der Waals surface area contributed by atoms with Gasteiger partial charge in [0.25, 0.3) is 0 Å². The van der Waals surface area contributed by atoms with Crippen LogP contribution in [0.5, 0.6) is 5.75 Å². The van der Waals surface area contributed by atoms with Crippen molar-refractivity contribution in [3.63, 3.8) is 0 Å². The summed E-state index contributed by atoms with van der Waals surface area (Å²) in [6, 6.07) is 23.0. The van der Waals surface area contributed by atoms with E-state index in [0.717, 1.165) is 27.5 Å². The third-order valence-corrected chi connectivity index (χ3v) is 4.94. The number of amides is 1. The molecule has 142 valence electrons. The summed E-state index contributed by atoms with van der Waals surface area (Å²) >= 11 is 0. The van der Waals surface area contributed by atoms with Gasteiger partial charge in [-0.1, -0.05) is 42.5 Å². The van der Waals surface area contributed by atoms with Gasteiger partial charge in [0.15, 0.2) is 5.65 Å². The molecule has 6 nitrogen and oxygen atoms in total. The van der Waals surface area contributed by atoms with E-state index in [1.807, 2.05) is 77.4 Å². The van der Waals surface area contributed by atoms with Gasteiger partial charge in [-0.2, -0.15) is 0 Å². The number of methoxy groups -OCH3 is 1. The normalized spacial score (nSPS) is 11.2. The van der Waals surface area contributed by atoms with E-state index in [4.69, 9.17) is 14.7 Å². The standard InChI is InChI=1S/C23H18N4O2/c1-29-20-13-7-5-11-18(20)24-21(28)14-27-19-12-6-2-8-15(19)22-23(27)26-17-10-4-3-9-16(17)25-22/h2-13H,14H2,1H3,(H,24,28). The molecule has 0 saturated carbocycles. The van der Waals surface area contributed by atoms with Gasteiger partial charge in [0.2, 0.25) is 5.91 Å². The number of rotatable bonds is 4. The van der Waals surface area contributed by atoms with Crippen LogP contribution in [0.3, 0.4) is 0 Å². The quantitative estimate of drug-likeness (QED) is 0.501. The van der Waals surface area contributed by atoms with E-state index in [1.165, 1.54) is 0 Å². The highest BCUT2D eigenvalue weighted by molar-refractivity contribution is 6.07. The Kier molecular flexibility index (Phi) is 4.09. The molecule has 0 unspecified atom stereocenters. The minimum Gasteiger partial charge on any atom is -0.495 e. The van der Waals surface area contributed by atoms with Gasteiger partial charge in [0.1, 0.15) is 17.8 Å². The van der Waals surface area contributed by atoms with E-state index >= 15 is 0 Å². The number of aromatic nitrogens is 3. The van der Waals surface area contributed by atoms with Crippen LogP contribution >= 0.6 is 0 Å². The molecule has 2 heterocycles. The molecular weight excluding hydrogens is 364 g/mol. The molecule has 0 aliphatic carbocycles. The second-order valence-corrected chi connectivity index (χ2v) is 6.74. The minimum absolute atomic E-state index is 0.120. The third kappa shape index (κ3) is 2.95.